The smallest absolute Gasteiger partial charge is 0.225 e. The van der Waals surface area contributed by atoms with Crippen molar-refractivity contribution in [1.29, 1.82) is 0 Å². The van der Waals surface area contributed by atoms with Gasteiger partial charge in [-0.2, -0.15) is 0 Å². The molecule has 5 heteroatoms. The molecule has 0 aliphatic carbocycles. The summed E-state index contributed by atoms with van der Waals surface area (Å²) in [6, 6.07) is 12.6. The lowest BCUT2D eigenvalue weighted by Gasteiger charge is -2.41. The average Bonchev–Trinajstić information content (AvgIpc) is 2.64. The summed E-state index contributed by atoms with van der Waals surface area (Å²) in [6.45, 7) is 6.02. The van der Waals surface area contributed by atoms with Crippen LogP contribution in [-0.4, -0.2) is 52.8 Å². The summed E-state index contributed by atoms with van der Waals surface area (Å²) in [5.74, 6) is 1.01. The maximum absolute atomic E-state index is 9.67. The number of nitrogens with zero attached hydrogens (tertiary/aromatic N) is 4. The zero-order chi connectivity index (χ0) is 16.1. The van der Waals surface area contributed by atoms with Crippen LogP contribution in [0.25, 0.3) is 0 Å². The van der Waals surface area contributed by atoms with Crippen LogP contribution in [0.1, 0.15) is 18.5 Å². The molecule has 0 spiro atoms. The Morgan fingerprint density at radius 1 is 1.00 bits per heavy atom. The molecular formula is C18H24N4O. The zero-order valence-corrected chi connectivity index (χ0v) is 13.5. The number of piperazine rings is 1. The fraction of sp³-hybridized carbons (Fsp3) is 0.444. The van der Waals surface area contributed by atoms with Crippen LogP contribution in [0.5, 0.6) is 0 Å². The van der Waals surface area contributed by atoms with Crippen molar-refractivity contribution in [1.82, 2.24) is 14.9 Å². The van der Waals surface area contributed by atoms with E-state index in [9.17, 15) is 5.11 Å². The molecule has 3 rings (SSSR count). The molecule has 1 aromatic carbocycles. The summed E-state index contributed by atoms with van der Waals surface area (Å²) >= 11 is 0. The van der Waals surface area contributed by atoms with E-state index in [1.807, 2.05) is 12.1 Å². The van der Waals surface area contributed by atoms with E-state index in [4.69, 9.17) is 0 Å². The number of rotatable bonds is 5. The summed E-state index contributed by atoms with van der Waals surface area (Å²) in [5, 5.41) is 9.67. The van der Waals surface area contributed by atoms with Gasteiger partial charge >= 0.3 is 0 Å². The normalized spacial score (nSPS) is 18.6. The molecule has 2 heterocycles. The van der Waals surface area contributed by atoms with E-state index in [-0.39, 0.29) is 18.6 Å². The second-order valence-electron chi connectivity index (χ2n) is 6.09. The number of anilines is 1. The van der Waals surface area contributed by atoms with E-state index in [1.54, 1.807) is 12.4 Å². The number of aliphatic hydroxyl groups is 1. The molecule has 122 valence electrons. The largest absolute Gasteiger partial charge is 0.396 e. The topological polar surface area (TPSA) is 52.5 Å². The molecule has 2 aromatic rings. The molecule has 0 unspecified atom stereocenters. The first-order valence-corrected chi connectivity index (χ1v) is 8.21. The Morgan fingerprint density at radius 2 is 1.65 bits per heavy atom. The fourth-order valence-corrected chi connectivity index (χ4v) is 3.30. The molecular weight excluding hydrogens is 288 g/mol. The van der Waals surface area contributed by atoms with Crippen LogP contribution in [0, 0.1) is 5.92 Å². The summed E-state index contributed by atoms with van der Waals surface area (Å²) < 4.78 is 0. The monoisotopic (exact) mass is 312 g/mol. The lowest BCUT2D eigenvalue weighted by molar-refractivity contribution is 0.0998. The van der Waals surface area contributed by atoms with Crippen LogP contribution in [0.4, 0.5) is 5.95 Å². The second kappa shape index (κ2) is 7.53. The summed E-state index contributed by atoms with van der Waals surface area (Å²) in [5.41, 5.74) is 1.28. The average molecular weight is 312 g/mol. The van der Waals surface area contributed by atoms with Gasteiger partial charge in [-0.1, -0.05) is 37.3 Å². The fourth-order valence-electron chi connectivity index (χ4n) is 3.30. The predicted octanol–water partition coefficient (Wildman–Crippen LogP) is 1.97. The maximum Gasteiger partial charge on any atom is 0.225 e. The first-order chi connectivity index (χ1) is 11.3. The molecule has 1 aliphatic rings. The minimum Gasteiger partial charge on any atom is -0.396 e. The van der Waals surface area contributed by atoms with E-state index in [0.717, 1.165) is 32.1 Å². The Hall–Kier alpha value is -1.98. The highest BCUT2D eigenvalue weighted by atomic mass is 16.3. The Kier molecular flexibility index (Phi) is 5.20. The van der Waals surface area contributed by atoms with E-state index < -0.39 is 0 Å². The Balaban J connectivity index is 1.71. The van der Waals surface area contributed by atoms with Gasteiger partial charge in [0, 0.05) is 51.2 Å². The minimum absolute atomic E-state index is 0.196. The first-order valence-electron chi connectivity index (χ1n) is 8.21. The van der Waals surface area contributed by atoms with Crippen LogP contribution in [0.15, 0.2) is 48.8 Å². The zero-order valence-electron chi connectivity index (χ0n) is 13.5. The predicted molar refractivity (Wildman–Crippen MR) is 91.3 cm³/mol. The molecule has 0 bridgehead atoms. The third kappa shape index (κ3) is 3.68. The highest BCUT2D eigenvalue weighted by molar-refractivity contribution is 5.29. The summed E-state index contributed by atoms with van der Waals surface area (Å²) in [7, 11) is 0. The molecule has 5 nitrogen and oxygen atoms in total. The van der Waals surface area contributed by atoms with Crippen molar-refractivity contribution < 1.29 is 5.11 Å². The van der Waals surface area contributed by atoms with Gasteiger partial charge in [-0.05, 0) is 17.5 Å². The molecule has 0 radical (unpaired) electrons. The molecule has 0 amide bonds. The molecule has 1 saturated heterocycles. The van der Waals surface area contributed by atoms with Gasteiger partial charge in [0.1, 0.15) is 0 Å². The summed E-state index contributed by atoms with van der Waals surface area (Å²) in [6.07, 6.45) is 3.57. The van der Waals surface area contributed by atoms with Crippen LogP contribution < -0.4 is 4.90 Å². The van der Waals surface area contributed by atoms with Gasteiger partial charge in [0.25, 0.3) is 0 Å². The Labute approximate surface area is 137 Å². The van der Waals surface area contributed by atoms with Crippen LogP contribution in [0.3, 0.4) is 0 Å². The van der Waals surface area contributed by atoms with Crippen molar-refractivity contribution in [3.05, 3.63) is 54.4 Å². The van der Waals surface area contributed by atoms with E-state index in [1.165, 1.54) is 5.56 Å². The first kappa shape index (κ1) is 15.9. The van der Waals surface area contributed by atoms with Crippen molar-refractivity contribution >= 4 is 5.95 Å². The van der Waals surface area contributed by atoms with Crippen molar-refractivity contribution in [2.45, 2.75) is 13.0 Å². The van der Waals surface area contributed by atoms with Crippen LogP contribution >= 0.6 is 0 Å². The van der Waals surface area contributed by atoms with Gasteiger partial charge in [-0.25, -0.2) is 9.97 Å². The third-order valence-electron chi connectivity index (χ3n) is 4.51. The summed E-state index contributed by atoms with van der Waals surface area (Å²) in [4.78, 5) is 13.4. The maximum atomic E-state index is 9.67. The highest BCUT2D eigenvalue weighted by Gasteiger charge is 2.29. The van der Waals surface area contributed by atoms with Gasteiger partial charge in [0.2, 0.25) is 5.95 Å². The highest BCUT2D eigenvalue weighted by Crippen LogP contribution is 2.29. The second-order valence-corrected chi connectivity index (χ2v) is 6.09. The lowest BCUT2D eigenvalue weighted by atomic mass is 9.93. The number of aliphatic hydroxyl groups excluding tert-OH is 1. The van der Waals surface area contributed by atoms with Gasteiger partial charge in [0.15, 0.2) is 0 Å². The van der Waals surface area contributed by atoms with Crippen LogP contribution in [-0.2, 0) is 0 Å². The van der Waals surface area contributed by atoms with E-state index in [0.29, 0.717) is 0 Å². The Morgan fingerprint density at radius 3 is 2.26 bits per heavy atom. The number of hydrogen-bond donors (Lipinski definition) is 1. The third-order valence-corrected chi connectivity index (χ3v) is 4.51. The quantitative estimate of drug-likeness (QED) is 0.915. The minimum atomic E-state index is 0.196. The van der Waals surface area contributed by atoms with Crippen molar-refractivity contribution in [2.75, 3.05) is 37.7 Å². The van der Waals surface area contributed by atoms with Gasteiger partial charge < -0.3 is 10.0 Å². The van der Waals surface area contributed by atoms with Crippen molar-refractivity contribution in [3.8, 4) is 0 Å². The molecule has 2 atom stereocenters. The number of hydrogen-bond acceptors (Lipinski definition) is 5. The molecule has 0 saturated carbocycles. The molecule has 23 heavy (non-hydrogen) atoms. The van der Waals surface area contributed by atoms with E-state index in [2.05, 4.69) is 51.0 Å². The Bertz CT molecular complexity index is 584. The number of aromatic nitrogens is 2. The van der Waals surface area contributed by atoms with Gasteiger partial charge in [-0.15, -0.1) is 0 Å². The van der Waals surface area contributed by atoms with Crippen molar-refractivity contribution in [3.63, 3.8) is 0 Å². The molecule has 1 N–H and O–H groups in total. The lowest BCUT2D eigenvalue weighted by Crippen LogP contribution is -2.49. The van der Waals surface area contributed by atoms with E-state index >= 15 is 0 Å². The molecule has 1 aromatic heterocycles. The standard InChI is InChI=1S/C18H24N4O/c1-15(14-23)17(16-6-3-2-4-7-16)21-10-12-22(13-11-21)18-19-8-5-9-20-18/h2-9,15,17,23H,10-14H2,1H3/t15-,17-/m1/s1. The molecule has 1 aliphatic heterocycles. The van der Waals surface area contributed by atoms with Gasteiger partial charge in [-0.3, -0.25) is 4.90 Å². The molecule has 1 fully saturated rings. The van der Waals surface area contributed by atoms with Gasteiger partial charge in [0.05, 0.1) is 0 Å². The van der Waals surface area contributed by atoms with Crippen molar-refractivity contribution in [2.24, 2.45) is 5.92 Å². The van der Waals surface area contributed by atoms with Crippen LogP contribution in [0.2, 0.25) is 0 Å². The SMILES string of the molecule is C[C@H](CO)[C@H](c1ccccc1)N1CCN(c2ncccn2)CC1. The number of benzene rings is 1.